The molecule has 3 aromatic rings. The summed E-state index contributed by atoms with van der Waals surface area (Å²) in [6, 6.07) is 16.4. The van der Waals surface area contributed by atoms with Gasteiger partial charge in [0.2, 0.25) is 15.9 Å². The largest absolute Gasteiger partial charge is 0.325 e. The van der Waals surface area contributed by atoms with Crippen LogP contribution in [-0.2, 0) is 14.8 Å². The number of carbonyl (C=O) groups is 1. The highest BCUT2D eigenvalue weighted by Gasteiger charge is 2.27. The molecule has 1 atom stereocenters. The number of rotatable bonds is 7. The van der Waals surface area contributed by atoms with Crippen LogP contribution in [0.25, 0.3) is 10.9 Å². The topological polar surface area (TPSA) is 79.4 Å². The van der Waals surface area contributed by atoms with Crippen molar-refractivity contribution in [2.75, 3.05) is 18.4 Å². The van der Waals surface area contributed by atoms with E-state index < -0.39 is 10.0 Å². The van der Waals surface area contributed by atoms with Crippen LogP contribution in [0.3, 0.4) is 0 Å². The average Bonchev–Trinajstić information content (AvgIpc) is 3.34. The molecule has 1 aromatic heterocycles. The molecule has 1 aliphatic heterocycles. The summed E-state index contributed by atoms with van der Waals surface area (Å²) in [7, 11) is -3.46. The van der Waals surface area contributed by atoms with Crippen LogP contribution in [0.2, 0.25) is 0 Å². The van der Waals surface area contributed by atoms with Crippen molar-refractivity contribution in [1.82, 2.24) is 9.29 Å². The second-order valence-electron chi connectivity index (χ2n) is 7.93. The molecule has 1 saturated heterocycles. The van der Waals surface area contributed by atoms with E-state index in [1.54, 1.807) is 24.3 Å². The Morgan fingerprint density at radius 1 is 1.12 bits per heavy atom. The van der Waals surface area contributed by atoms with Crippen LogP contribution < -0.4 is 5.32 Å². The van der Waals surface area contributed by atoms with Gasteiger partial charge >= 0.3 is 0 Å². The molecule has 1 fully saturated rings. The zero-order valence-corrected chi connectivity index (χ0v) is 19.9. The third-order valence-corrected chi connectivity index (χ3v) is 8.85. The Labute approximate surface area is 193 Å². The molecule has 0 radical (unpaired) electrons. The van der Waals surface area contributed by atoms with Gasteiger partial charge in [-0.2, -0.15) is 4.31 Å². The molecule has 0 bridgehead atoms. The van der Waals surface area contributed by atoms with Gasteiger partial charge in [-0.05, 0) is 68.1 Å². The van der Waals surface area contributed by atoms with Crippen molar-refractivity contribution in [2.45, 2.75) is 48.3 Å². The summed E-state index contributed by atoms with van der Waals surface area (Å²) in [5.74, 6) is -0.125. The van der Waals surface area contributed by atoms with E-state index in [-0.39, 0.29) is 16.1 Å². The van der Waals surface area contributed by atoms with E-state index in [0.29, 0.717) is 25.2 Å². The van der Waals surface area contributed by atoms with Crippen molar-refractivity contribution < 1.29 is 13.2 Å². The van der Waals surface area contributed by atoms with Crippen LogP contribution in [0.5, 0.6) is 0 Å². The number of hydrogen-bond donors (Lipinski definition) is 1. The minimum absolute atomic E-state index is 0.125. The van der Waals surface area contributed by atoms with Gasteiger partial charge < -0.3 is 5.32 Å². The Morgan fingerprint density at radius 3 is 2.50 bits per heavy atom. The number of sulfonamides is 1. The lowest BCUT2D eigenvalue weighted by molar-refractivity contribution is -0.115. The number of hydrogen-bond acceptors (Lipinski definition) is 5. The first-order valence-corrected chi connectivity index (χ1v) is 13.1. The van der Waals surface area contributed by atoms with Gasteiger partial charge in [0.05, 0.1) is 20.7 Å². The standard InChI is InChI=1S/C24H27N3O3S2/c1-3-22(31-23-16-17(2)20-8-4-5-9-21(20)26-23)24(28)25-18-10-12-19(13-11-18)32(29,30)27-14-6-7-15-27/h4-5,8-13,16,22H,3,6-7,14-15H2,1-2H3,(H,25,28). The Morgan fingerprint density at radius 2 is 1.81 bits per heavy atom. The predicted octanol–water partition coefficient (Wildman–Crippen LogP) is 4.84. The minimum atomic E-state index is -3.46. The van der Waals surface area contributed by atoms with E-state index in [2.05, 4.69) is 5.32 Å². The molecule has 168 valence electrons. The van der Waals surface area contributed by atoms with Gasteiger partial charge in [0.1, 0.15) is 0 Å². The lowest BCUT2D eigenvalue weighted by atomic mass is 10.1. The maximum atomic E-state index is 12.9. The quantitative estimate of drug-likeness (QED) is 0.501. The molecule has 0 aliphatic carbocycles. The lowest BCUT2D eigenvalue weighted by Crippen LogP contribution is -2.28. The molecule has 32 heavy (non-hydrogen) atoms. The van der Waals surface area contributed by atoms with Crippen molar-refractivity contribution in [3.63, 3.8) is 0 Å². The molecule has 0 spiro atoms. The first kappa shape index (κ1) is 22.8. The van der Waals surface area contributed by atoms with E-state index in [1.165, 1.54) is 16.1 Å². The average molecular weight is 470 g/mol. The number of anilines is 1. The van der Waals surface area contributed by atoms with Crippen molar-refractivity contribution in [1.29, 1.82) is 0 Å². The fourth-order valence-corrected chi connectivity index (χ4v) is 6.39. The van der Waals surface area contributed by atoms with Crippen LogP contribution in [0.1, 0.15) is 31.7 Å². The molecular weight excluding hydrogens is 442 g/mol. The summed E-state index contributed by atoms with van der Waals surface area (Å²) < 4.78 is 26.9. The van der Waals surface area contributed by atoms with Crippen LogP contribution >= 0.6 is 11.8 Å². The van der Waals surface area contributed by atoms with Gasteiger partial charge in [0.25, 0.3) is 0 Å². The summed E-state index contributed by atoms with van der Waals surface area (Å²) in [6.45, 7) is 5.15. The van der Waals surface area contributed by atoms with Crippen LogP contribution in [-0.4, -0.2) is 42.0 Å². The number of nitrogens with zero attached hydrogens (tertiary/aromatic N) is 2. The number of amides is 1. The first-order valence-electron chi connectivity index (χ1n) is 10.8. The lowest BCUT2D eigenvalue weighted by Gasteiger charge is -2.17. The fraction of sp³-hybridized carbons (Fsp3) is 0.333. The van der Waals surface area contributed by atoms with Crippen molar-refractivity contribution >= 4 is 44.3 Å². The summed E-state index contributed by atoms with van der Waals surface area (Å²) >= 11 is 1.44. The Bertz CT molecular complexity index is 1220. The van der Waals surface area contributed by atoms with Gasteiger partial charge in [-0.25, -0.2) is 13.4 Å². The second kappa shape index (κ2) is 9.60. The molecule has 1 amide bonds. The highest BCUT2D eigenvalue weighted by Crippen LogP contribution is 2.29. The van der Waals surface area contributed by atoms with Gasteiger partial charge in [-0.1, -0.05) is 36.9 Å². The zero-order chi connectivity index (χ0) is 22.7. The van der Waals surface area contributed by atoms with E-state index in [9.17, 15) is 13.2 Å². The number of fused-ring (bicyclic) bond motifs is 1. The normalized spacial score (nSPS) is 15.7. The fourth-order valence-electron chi connectivity index (χ4n) is 3.86. The molecule has 4 rings (SSSR count). The Hall–Kier alpha value is -2.42. The number of aryl methyl sites for hydroxylation is 1. The van der Waals surface area contributed by atoms with E-state index in [0.717, 1.165) is 34.3 Å². The third kappa shape index (κ3) is 4.82. The summed E-state index contributed by atoms with van der Waals surface area (Å²) in [6.07, 6.45) is 2.44. The minimum Gasteiger partial charge on any atom is -0.325 e. The molecule has 0 saturated carbocycles. The Kier molecular flexibility index (Phi) is 6.83. The van der Waals surface area contributed by atoms with Crippen molar-refractivity contribution in [3.8, 4) is 0 Å². The maximum absolute atomic E-state index is 12.9. The molecule has 1 aliphatic rings. The number of thioether (sulfide) groups is 1. The van der Waals surface area contributed by atoms with E-state index in [4.69, 9.17) is 4.98 Å². The SMILES string of the molecule is CCC(Sc1cc(C)c2ccccc2n1)C(=O)Nc1ccc(S(=O)(=O)N2CCCC2)cc1. The van der Waals surface area contributed by atoms with E-state index >= 15 is 0 Å². The number of para-hydroxylation sites is 1. The highest BCUT2D eigenvalue weighted by atomic mass is 32.2. The molecule has 1 N–H and O–H groups in total. The van der Waals surface area contributed by atoms with Crippen LogP contribution in [0.15, 0.2) is 64.5 Å². The summed E-state index contributed by atoms with van der Waals surface area (Å²) in [5, 5.41) is 4.53. The third-order valence-electron chi connectivity index (χ3n) is 5.65. The van der Waals surface area contributed by atoms with E-state index in [1.807, 2.05) is 44.2 Å². The number of nitrogens with one attached hydrogen (secondary N) is 1. The first-order chi connectivity index (χ1) is 15.4. The van der Waals surface area contributed by atoms with Crippen molar-refractivity contribution in [2.24, 2.45) is 0 Å². The predicted molar refractivity (Wildman–Crippen MR) is 129 cm³/mol. The molecule has 2 heterocycles. The zero-order valence-electron chi connectivity index (χ0n) is 18.2. The second-order valence-corrected chi connectivity index (χ2v) is 11.1. The number of benzene rings is 2. The maximum Gasteiger partial charge on any atom is 0.243 e. The smallest absolute Gasteiger partial charge is 0.243 e. The molecule has 8 heteroatoms. The molecular formula is C24H27N3O3S2. The number of carbonyl (C=O) groups excluding carboxylic acids is 1. The summed E-state index contributed by atoms with van der Waals surface area (Å²) in [5.41, 5.74) is 2.63. The highest BCUT2D eigenvalue weighted by molar-refractivity contribution is 8.00. The molecule has 1 unspecified atom stereocenters. The van der Waals surface area contributed by atoms with Gasteiger partial charge in [-0.15, -0.1) is 0 Å². The number of aromatic nitrogens is 1. The van der Waals surface area contributed by atoms with Gasteiger partial charge in [0.15, 0.2) is 0 Å². The Balaban J connectivity index is 1.45. The molecule has 6 nitrogen and oxygen atoms in total. The summed E-state index contributed by atoms with van der Waals surface area (Å²) in [4.78, 5) is 17.9. The monoisotopic (exact) mass is 469 g/mol. The molecule has 2 aromatic carbocycles. The van der Waals surface area contributed by atoms with Crippen LogP contribution in [0, 0.1) is 6.92 Å². The van der Waals surface area contributed by atoms with Gasteiger partial charge in [-0.3, -0.25) is 4.79 Å². The number of pyridine rings is 1. The van der Waals surface area contributed by atoms with Gasteiger partial charge in [0, 0.05) is 24.2 Å². The van der Waals surface area contributed by atoms with Crippen molar-refractivity contribution in [3.05, 3.63) is 60.2 Å². The van der Waals surface area contributed by atoms with Crippen LogP contribution in [0.4, 0.5) is 5.69 Å².